The molecule has 4 rings (SSSR count). The summed E-state index contributed by atoms with van der Waals surface area (Å²) in [6.07, 6.45) is 1.97. The van der Waals surface area contributed by atoms with Gasteiger partial charge in [0.05, 0.1) is 23.6 Å². The van der Waals surface area contributed by atoms with E-state index in [1.807, 2.05) is 48.7 Å². The molecular weight excluding hydrogens is 404 g/mol. The molecule has 2 heterocycles. The Hall–Kier alpha value is -1.70. The lowest BCUT2D eigenvalue weighted by Gasteiger charge is -2.23. The third-order valence-corrected chi connectivity index (χ3v) is 7.90. The van der Waals surface area contributed by atoms with Crippen molar-refractivity contribution in [1.29, 1.82) is 0 Å². The van der Waals surface area contributed by atoms with Crippen molar-refractivity contribution in [2.75, 3.05) is 22.7 Å². The summed E-state index contributed by atoms with van der Waals surface area (Å²) in [5, 5.41) is 0.575. The number of anilines is 1. The summed E-state index contributed by atoms with van der Waals surface area (Å²) in [6, 6.07) is 14.1. The number of thioether (sulfide) groups is 1. The number of hydrogen-bond donors (Lipinski definition) is 0. The molecule has 0 bridgehead atoms. The van der Waals surface area contributed by atoms with Crippen molar-refractivity contribution in [3.63, 3.8) is 0 Å². The highest BCUT2D eigenvalue weighted by molar-refractivity contribution is 7.98. The maximum atomic E-state index is 13.3. The van der Waals surface area contributed by atoms with Crippen molar-refractivity contribution in [2.45, 2.75) is 23.5 Å². The van der Waals surface area contributed by atoms with E-state index in [1.54, 1.807) is 27.6 Å². The number of amides is 2. The zero-order valence-corrected chi connectivity index (χ0v) is 17.1. The minimum atomic E-state index is -3.19. The van der Waals surface area contributed by atoms with Crippen LogP contribution in [-0.2, 0) is 16.4 Å². The Balaban J connectivity index is 1.73. The van der Waals surface area contributed by atoms with Crippen LogP contribution in [-0.4, -0.2) is 49.2 Å². The molecule has 27 heavy (non-hydrogen) atoms. The molecule has 0 spiro atoms. The minimum Gasteiger partial charge on any atom is -0.314 e. The van der Waals surface area contributed by atoms with Gasteiger partial charge < -0.3 is 4.90 Å². The Bertz CT molecular complexity index is 996. The Morgan fingerprint density at radius 1 is 1.11 bits per heavy atom. The fraction of sp³-hybridized carbons (Fsp3) is 0.316. The fourth-order valence-electron chi connectivity index (χ4n) is 3.83. The zero-order valence-electron chi connectivity index (χ0n) is 14.7. The number of benzene rings is 2. The Kier molecular flexibility index (Phi) is 4.86. The van der Waals surface area contributed by atoms with Gasteiger partial charge in [0.25, 0.3) is 0 Å². The van der Waals surface area contributed by atoms with E-state index in [1.165, 1.54) is 0 Å². The second kappa shape index (κ2) is 7.04. The van der Waals surface area contributed by atoms with Crippen LogP contribution in [0.15, 0.2) is 53.4 Å². The molecule has 0 N–H and O–H groups in total. The van der Waals surface area contributed by atoms with E-state index in [0.717, 1.165) is 16.1 Å². The largest absolute Gasteiger partial charge is 0.325 e. The number of fused-ring (bicyclic) bond motifs is 1. The highest BCUT2D eigenvalue weighted by Crippen LogP contribution is 2.37. The van der Waals surface area contributed by atoms with Crippen LogP contribution < -0.4 is 4.90 Å². The molecule has 8 heteroatoms. The predicted octanol–water partition coefficient (Wildman–Crippen LogP) is 3.67. The first kappa shape index (κ1) is 18.7. The Labute approximate surface area is 168 Å². The number of sulfone groups is 1. The number of urea groups is 1. The molecule has 2 aromatic carbocycles. The third kappa shape index (κ3) is 3.44. The van der Waals surface area contributed by atoms with Crippen molar-refractivity contribution < 1.29 is 13.2 Å². The highest BCUT2D eigenvalue weighted by Gasteiger charge is 2.53. The van der Waals surface area contributed by atoms with E-state index in [0.29, 0.717) is 11.6 Å². The summed E-state index contributed by atoms with van der Waals surface area (Å²) in [4.78, 5) is 17.6. The SMILES string of the molecule is CSc1cccc(N2C(=O)N(Cc3ccccc3Cl)[C@H]3CS(=O)(=O)C[C@H]32)c1. The Morgan fingerprint density at radius 3 is 2.59 bits per heavy atom. The van der Waals surface area contributed by atoms with E-state index in [2.05, 4.69) is 0 Å². The van der Waals surface area contributed by atoms with Gasteiger partial charge in [0.2, 0.25) is 0 Å². The normalized spacial score (nSPS) is 23.7. The molecule has 2 aliphatic rings. The second-order valence-corrected chi connectivity index (χ2v) is 10.2. The molecule has 2 atom stereocenters. The number of hydrogen-bond acceptors (Lipinski definition) is 4. The molecule has 2 fully saturated rings. The van der Waals surface area contributed by atoms with Gasteiger partial charge in [0, 0.05) is 22.2 Å². The summed E-state index contributed by atoms with van der Waals surface area (Å²) in [5.74, 6) is -0.0154. The van der Waals surface area contributed by atoms with Crippen LogP contribution in [0.4, 0.5) is 10.5 Å². The lowest BCUT2D eigenvalue weighted by Crippen LogP contribution is -2.37. The molecule has 2 aromatic rings. The molecule has 5 nitrogen and oxygen atoms in total. The van der Waals surface area contributed by atoms with Crippen molar-refractivity contribution in [3.8, 4) is 0 Å². The average molecular weight is 423 g/mol. The van der Waals surface area contributed by atoms with Crippen molar-refractivity contribution in [3.05, 3.63) is 59.1 Å². The van der Waals surface area contributed by atoms with Gasteiger partial charge in [-0.05, 0) is 36.1 Å². The van der Waals surface area contributed by atoms with Crippen molar-refractivity contribution >= 4 is 44.9 Å². The predicted molar refractivity (Wildman–Crippen MR) is 109 cm³/mol. The molecule has 142 valence electrons. The van der Waals surface area contributed by atoms with E-state index < -0.39 is 9.84 Å². The van der Waals surface area contributed by atoms with Gasteiger partial charge in [-0.3, -0.25) is 4.90 Å². The van der Waals surface area contributed by atoms with Crippen LogP contribution in [0.1, 0.15) is 5.56 Å². The second-order valence-electron chi connectivity index (χ2n) is 6.78. The van der Waals surface area contributed by atoms with Gasteiger partial charge in [0.1, 0.15) is 0 Å². The van der Waals surface area contributed by atoms with Gasteiger partial charge >= 0.3 is 6.03 Å². The minimum absolute atomic E-state index is 0.00736. The first-order valence-corrected chi connectivity index (χ1v) is 12.0. The molecule has 2 amide bonds. The van der Waals surface area contributed by atoms with Crippen LogP contribution >= 0.6 is 23.4 Å². The van der Waals surface area contributed by atoms with E-state index >= 15 is 0 Å². The van der Waals surface area contributed by atoms with Crippen LogP contribution in [0.5, 0.6) is 0 Å². The monoisotopic (exact) mass is 422 g/mol. The molecular formula is C19H19ClN2O3S2. The summed E-state index contributed by atoms with van der Waals surface area (Å²) in [6.45, 7) is 0.300. The molecule has 0 saturated carbocycles. The Morgan fingerprint density at radius 2 is 1.85 bits per heavy atom. The van der Waals surface area contributed by atoms with Gasteiger partial charge in [-0.1, -0.05) is 35.9 Å². The van der Waals surface area contributed by atoms with E-state index in [9.17, 15) is 13.2 Å². The van der Waals surface area contributed by atoms with Gasteiger partial charge in [-0.2, -0.15) is 0 Å². The van der Waals surface area contributed by atoms with Crippen LogP contribution in [0.25, 0.3) is 0 Å². The van der Waals surface area contributed by atoms with Crippen LogP contribution in [0.2, 0.25) is 5.02 Å². The smallest absolute Gasteiger partial charge is 0.314 e. The molecule has 2 saturated heterocycles. The maximum Gasteiger partial charge on any atom is 0.325 e. The number of halogens is 1. The first-order chi connectivity index (χ1) is 12.9. The number of carbonyl (C=O) groups excluding carboxylic acids is 1. The van der Waals surface area contributed by atoms with E-state index in [-0.39, 0.29) is 29.6 Å². The topological polar surface area (TPSA) is 57.7 Å². The lowest BCUT2D eigenvalue weighted by molar-refractivity contribution is 0.206. The molecule has 0 aromatic heterocycles. The molecule has 0 aliphatic carbocycles. The summed E-state index contributed by atoms with van der Waals surface area (Å²) < 4.78 is 24.6. The molecule has 0 radical (unpaired) electrons. The zero-order chi connectivity index (χ0) is 19.2. The van der Waals surface area contributed by atoms with Crippen molar-refractivity contribution in [2.24, 2.45) is 0 Å². The lowest BCUT2D eigenvalue weighted by atomic mass is 10.1. The summed E-state index contributed by atoms with van der Waals surface area (Å²) in [7, 11) is -3.19. The average Bonchev–Trinajstić information content (AvgIpc) is 3.07. The standard InChI is InChI=1S/C19H19ClN2O3S2/c1-26-15-7-4-6-14(9-15)22-18-12-27(24,25)11-17(18)21(19(22)23)10-13-5-2-3-8-16(13)20/h2-9,17-18H,10-12H2,1H3/t17-,18+/m0/s1. The van der Waals surface area contributed by atoms with Gasteiger partial charge in [-0.15, -0.1) is 11.8 Å². The van der Waals surface area contributed by atoms with Crippen LogP contribution in [0, 0.1) is 0 Å². The first-order valence-electron chi connectivity index (χ1n) is 8.57. The number of nitrogens with zero attached hydrogens (tertiary/aromatic N) is 2. The molecule has 2 aliphatic heterocycles. The maximum absolute atomic E-state index is 13.3. The summed E-state index contributed by atoms with van der Waals surface area (Å²) >= 11 is 7.86. The highest BCUT2D eigenvalue weighted by atomic mass is 35.5. The fourth-order valence-corrected chi connectivity index (χ4v) is 6.43. The molecule has 0 unspecified atom stereocenters. The van der Waals surface area contributed by atoms with Gasteiger partial charge in [-0.25, -0.2) is 13.2 Å². The third-order valence-electron chi connectivity index (χ3n) is 5.11. The quantitative estimate of drug-likeness (QED) is 0.557. The van der Waals surface area contributed by atoms with E-state index in [4.69, 9.17) is 11.6 Å². The number of carbonyl (C=O) groups is 1. The van der Waals surface area contributed by atoms with Gasteiger partial charge in [0.15, 0.2) is 9.84 Å². The summed E-state index contributed by atoms with van der Waals surface area (Å²) in [5.41, 5.74) is 1.55. The number of rotatable bonds is 4. The van der Waals surface area contributed by atoms with Crippen molar-refractivity contribution in [1.82, 2.24) is 4.90 Å². The van der Waals surface area contributed by atoms with Crippen LogP contribution in [0.3, 0.4) is 0 Å².